The van der Waals surface area contributed by atoms with Crippen molar-refractivity contribution in [3.63, 3.8) is 0 Å². The average molecular weight is 369 g/mol. The molecular formula is C22H32N4O. The summed E-state index contributed by atoms with van der Waals surface area (Å²) in [6, 6.07) is 8.66. The summed E-state index contributed by atoms with van der Waals surface area (Å²) < 4.78 is 1.96. The van der Waals surface area contributed by atoms with Crippen LogP contribution in [0, 0.1) is 6.92 Å². The second-order valence-corrected chi connectivity index (χ2v) is 8.19. The molecule has 0 unspecified atom stereocenters. The number of β-amino-alcohol motifs (C(OH)–C–C–N with tert-alkyl or cyclic N) is 1. The first-order chi connectivity index (χ1) is 13.2. The standard InChI is InChI=1S/C22H32N4O/c1-18-8-4-5-9-20(18)26-16-19(14-23-26)15-24-13-10-21(22(27)17-24)25-11-6-2-3-7-12-25/h4-5,8-9,14,16,21-22,27H,2-3,6-7,10-13,15,17H2,1H3/t21-,22-/m0/s1. The van der Waals surface area contributed by atoms with Crippen molar-refractivity contribution in [2.45, 2.75) is 57.7 Å². The van der Waals surface area contributed by atoms with Crippen LogP contribution in [0.25, 0.3) is 5.69 Å². The molecule has 0 radical (unpaired) electrons. The molecule has 0 bridgehead atoms. The lowest BCUT2D eigenvalue weighted by Crippen LogP contribution is -2.54. The summed E-state index contributed by atoms with van der Waals surface area (Å²) in [4.78, 5) is 4.92. The van der Waals surface area contributed by atoms with Gasteiger partial charge in [0.25, 0.3) is 0 Å². The number of hydrogen-bond donors (Lipinski definition) is 1. The van der Waals surface area contributed by atoms with Gasteiger partial charge in [-0.3, -0.25) is 9.80 Å². The van der Waals surface area contributed by atoms with Gasteiger partial charge in [-0.2, -0.15) is 5.10 Å². The van der Waals surface area contributed by atoms with E-state index in [9.17, 15) is 5.11 Å². The van der Waals surface area contributed by atoms with Gasteiger partial charge in [0.2, 0.25) is 0 Å². The third kappa shape index (κ3) is 4.42. The minimum absolute atomic E-state index is 0.247. The smallest absolute Gasteiger partial charge is 0.0822 e. The summed E-state index contributed by atoms with van der Waals surface area (Å²) in [6.45, 7) is 7.09. The Balaban J connectivity index is 1.35. The fourth-order valence-corrected chi connectivity index (χ4v) is 4.63. The number of aromatic nitrogens is 2. The molecule has 2 saturated heterocycles. The van der Waals surface area contributed by atoms with Gasteiger partial charge in [0.05, 0.1) is 18.0 Å². The Morgan fingerprint density at radius 3 is 2.59 bits per heavy atom. The molecule has 0 saturated carbocycles. The second kappa shape index (κ2) is 8.55. The van der Waals surface area contributed by atoms with Gasteiger partial charge in [-0.1, -0.05) is 31.0 Å². The maximum atomic E-state index is 10.8. The van der Waals surface area contributed by atoms with Gasteiger partial charge < -0.3 is 5.11 Å². The quantitative estimate of drug-likeness (QED) is 0.901. The summed E-state index contributed by atoms with van der Waals surface area (Å²) in [5, 5.41) is 15.3. The van der Waals surface area contributed by atoms with Crippen molar-refractivity contribution >= 4 is 0 Å². The molecule has 1 aromatic carbocycles. The van der Waals surface area contributed by atoms with Crippen molar-refractivity contribution in [2.75, 3.05) is 26.2 Å². The number of benzene rings is 1. The second-order valence-electron chi connectivity index (χ2n) is 8.19. The maximum Gasteiger partial charge on any atom is 0.0822 e. The van der Waals surface area contributed by atoms with Crippen molar-refractivity contribution in [2.24, 2.45) is 0 Å². The Hall–Kier alpha value is -1.69. The first-order valence-electron chi connectivity index (χ1n) is 10.4. The average Bonchev–Trinajstić information content (AvgIpc) is 2.95. The molecule has 27 heavy (non-hydrogen) atoms. The summed E-state index contributed by atoms with van der Waals surface area (Å²) in [5.74, 6) is 0. The lowest BCUT2D eigenvalue weighted by molar-refractivity contribution is -0.0144. The summed E-state index contributed by atoms with van der Waals surface area (Å²) >= 11 is 0. The van der Waals surface area contributed by atoms with Crippen LogP contribution in [0.2, 0.25) is 0 Å². The van der Waals surface area contributed by atoms with E-state index in [0.717, 1.165) is 44.8 Å². The highest BCUT2D eigenvalue weighted by atomic mass is 16.3. The number of rotatable bonds is 4. The van der Waals surface area contributed by atoms with Crippen LogP contribution < -0.4 is 0 Å². The zero-order valence-electron chi connectivity index (χ0n) is 16.4. The van der Waals surface area contributed by atoms with Crippen LogP contribution in [0.5, 0.6) is 0 Å². The number of aliphatic hydroxyl groups excluding tert-OH is 1. The number of para-hydroxylation sites is 1. The van der Waals surface area contributed by atoms with Crippen LogP contribution in [0.15, 0.2) is 36.7 Å². The number of likely N-dealkylation sites (tertiary alicyclic amines) is 2. The number of nitrogens with zero attached hydrogens (tertiary/aromatic N) is 4. The molecule has 0 spiro atoms. The van der Waals surface area contributed by atoms with Crippen LogP contribution in [-0.2, 0) is 6.54 Å². The molecule has 2 aliphatic rings. The van der Waals surface area contributed by atoms with Gasteiger partial charge in [-0.25, -0.2) is 4.68 Å². The van der Waals surface area contributed by atoms with Crippen molar-refractivity contribution < 1.29 is 5.11 Å². The Morgan fingerprint density at radius 2 is 1.85 bits per heavy atom. The van der Waals surface area contributed by atoms with Crippen molar-refractivity contribution in [3.05, 3.63) is 47.8 Å². The Labute approximate surface area is 162 Å². The maximum absolute atomic E-state index is 10.8. The van der Waals surface area contributed by atoms with Crippen molar-refractivity contribution in [3.8, 4) is 5.69 Å². The largest absolute Gasteiger partial charge is 0.390 e. The van der Waals surface area contributed by atoms with E-state index >= 15 is 0 Å². The van der Waals surface area contributed by atoms with E-state index in [-0.39, 0.29) is 6.10 Å². The van der Waals surface area contributed by atoms with Gasteiger partial charge in [0.1, 0.15) is 0 Å². The highest BCUT2D eigenvalue weighted by molar-refractivity contribution is 5.39. The first kappa shape index (κ1) is 18.7. The van der Waals surface area contributed by atoms with Gasteiger partial charge in [-0.15, -0.1) is 0 Å². The van der Waals surface area contributed by atoms with E-state index < -0.39 is 0 Å². The zero-order chi connectivity index (χ0) is 18.6. The van der Waals surface area contributed by atoms with E-state index in [4.69, 9.17) is 0 Å². The zero-order valence-corrected chi connectivity index (χ0v) is 16.4. The van der Waals surface area contributed by atoms with E-state index in [2.05, 4.69) is 46.2 Å². The van der Waals surface area contributed by atoms with Crippen molar-refractivity contribution in [1.29, 1.82) is 0 Å². The highest BCUT2D eigenvalue weighted by Crippen LogP contribution is 2.22. The van der Waals surface area contributed by atoms with Crippen LogP contribution in [-0.4, -0.2) is 63.0 Å². The fraction of sp³-hybridized carbons (Fsp3) is 0.591. The number of hydrogen-bond acceptors (Lipinski definition) is 4. The van der Waals surface area contributed by atoms with Crippen LogP contribution >= 0.6 is 0 Å². The minimum atomic E-state index is -0.247. The molecule has 4 rings (SSSR count). The Morgan fingerprint density at radius 1 is 1.07 bits per heavy atom. The minimum Gasteiger partial charge on any atom is -0.390 e. The number of aliphatic hydroxyl groups is 1. The van der Waals surface area contributed by atoms with Crippen LogP contribution in [0.1, 0.15) is 43.2 Å². The molecule has 5 nitrogen and oxygen atoms in total. The fourth-order valence-electron chi connectivity index (χ4n) is 4.63. The molecule has 1 aromatic heterocycles. The van der Waals surface area contributed by atoms with Crippen LogP contribution in [0.4, 0.5) is 0 Å². The van der Waals surface area contributed by atoms with E-state index in [0.29, 0.717) is 6.04 Å². The molecule has 1 N–H and O–H groups in total. The molecule has 2 aliphatic heterocycles. The van der Waals surface area contributed by atoms with Crippen molar-refractivity contribution in [1.82, 2.24) is 19.6 Å². The predicted octanol–water partition coefficient (Wildman–Crippen LogP) is 2.99. The van der Waals surface area contributed by atoms with Gasteiger partial charge in [-0.05, 0) is 50.9 Å². The van der Waals surface area contributed by atoms with Gasteiger partial charge in [0.15, 0.2) is 0 Å². The SMILES string of the molecule is Cc1ccccc1-n1cc(CN2CC[C@H](N3CCCCCC3)[C@@H](O)C2)cn1. The topological polar surface area (TPSA) is 44.5 Å². The van der Waals surface area contributed by atoms with Gasteiger partial charge >= 0.3 is 0 Å². The molecule has 146 valence electrons. The number of aryl methyl sites for hydroxylation is 1. The van der Waals surface area contributed by atoms with Gasteiger partial charge in [0, 0.05) is 37.4 Å². The molecule has 0 amide bonds. The summed E-state index contributed by atoms with van der Waals surface area (Å²) in [6.07, 6.45) is 10.1. The third-order valence-corrected chi connectivity index (χ3v) is 6.14. The summed E-state index contributed by atoms with van der Waals surface area (Å²) in [5.41, 5.74) is 3.56. The van der Waals surface area contributed by atoms with Crippen LogP contribution in [0.3, 0.4) is 0 Å². The highest BCUT2D eigenvalue weighted by Gasteiger charge is 2.32. The monoisotopic (exact) mass is 368 g/mol. The van der Waals surface area contributed by atoms with E-state index in [1.807, 2.05) is 16.9 Å². The molecular weight excluding hydrogens is 336 g/mol. The normalized spacial score (nSPS) is 25.4. The third-order valence-electron chi connectivity index (χ3n) is 6.14. The molecule has 0 aliphatic carbocycles. The number of piperidine rings is 1. The molecule has 3 heterocycles. The molecule has 2 atom stereocenters. The summed E-state index contributed by atoms with van der Waals surface area (Å²) in [7, 11) is 0. The first-order valence-corrected chi connectivity index (χ1v) is 10.4. The Kier molecular flexibility index (Phi) is 5.91. The lowest BCUT2D eigenvalue weighted by atomic mass is 9.99. The Bertz CT molecular complexity index is 735. The molecule has 2 aromatic rings. The predicted molar refractivity (Wildman–Crippen MR) is 108 cm³/mol. The molecule has 5 heteroatoms. The van der Waals surface area contributed by atoms with E-state index in [1.165, 1.54) is 36.8 Å². The van der Waals surface area contributed by atoms with E-state index in [1.54, 1.807) is 0 Å². The molecule has 2 fully saturated rings. The lowest BCUT2D eigenvalue weighted by Gasteiger charge is -2.41.